The first-order valence-corrected chi connectivity index (χ1v) is 11.4. The van der Waals surface area contributed by atoms with Crippen molar-refractivity contribution in [3.8, 4) is 0 Å². The topological polar surface area (TPSA) is 84.3 Å². The Bertz CT molecular complexity index is 896. The number of likely N-dealkylation sites (N-methyl/N-ethyl adjacent to an activating group) is 1. The Balaban J connectivity index is 0.000000312. The zero-order chi connectivity index (χ0) is 22.9. The van der Waals surface area contributed by atoms with Crippen molar-refractivity contribution < 1.29 is 19.8 Å². The lowest BCUT2D eigenvalue weighted by Crippen LogP contribution is -2.45. The van der Waals surface area contributed by atoms with Gasteiger partial charge in [-0.2, -0.15) is 0 Å². The minimum Gasteiger partial charge on any atom is -0.478 e. The van der Waals surface area contributed by atoms with E-state index < -0.39 is 11.9 Å². The Morgan fingerprint density at radius 1 is 0.844 bits per heavy atom. The Morgan fingerprint density at radius 2 is 1.34 bits per heavy atom. The van der Waals surface area contributed by atoms with E-state index in [-0.39, 0.29) is 0 Å². The van der Waals surface area contributed by atoms with E-state index in [4.69, 9.17) is 10.2 Å². The van der Waals surface area contributed by atoms with Crippen molar-refractivity contribution in [1.29, 1.82) is 0 Å². The lowest BCUT2D eigenvalue weighted by molar-refractivity contribution is -0.134. The van der Waals surface area contributed by atoms with Gasteiger partial charge in [0.05, 0.1) is 11.4 Å². The second-order valence-electron chi connectivity index (χ2n) is 7.70. The Labute approximate surface area is 192 Å². The van der Waals surface area contributed by atoms with Gasteiger partial charge in [0.1, 0.15) is 0 Å². The van der Waals surface area contributed by atoms with E-state index in [1.165, 1.54) is 60.3 Å². The predicted octanol–water partition coefficient (Wildman–Crippen LogP) is 3.64. The summed E-state index contributed by atoms with van der Waals surface area (Å²) < 4.78 is 0. The lowest BCUT2D eigenvalue weighted by Gasteiger charge is -2.35. The minimum absolute atomic E-state index is 0.558. The van der Waals surface area contributed by atoms with Crippen molar-refractivity contribution in [2.24, 2.45) is 0 Å². The summed E-state index contributed by atoms with van der Waals surface area (Å²) in [5.74, 6) is -2.51. The zero-order valence-corrected chi connectivity index (χ0v) is 19.0. The molecule has 2 N–H and O–H groups in total. The van der Waals surface area contributed by atoms with Crippen LogP contribution in [0.15, 0.2) is 70.5 Å². The maximum absolute atomic E-state index is 9.55. The number of nitrogens with zero attached hydrogens (tertiary/aromatic N) is 3. The lowest BCUT2D eigenvalue weighted by atomic mass is 10.2. The second kappa shape index (κ2) is 11.7. The number of para-hydroxylation sites is 2. The number of rotatable bonds is 6. The van der Waals surface area contributed by atoms with Crippen molar-refractivity contribution in [1.82, 2.24) is 9.80 Å². The summed E-state index contributed by atoms with van der Waals surface area (Å²) in [5, 5.41) is 15.6. The average molecular weight is 456 g/mol. The molecule has 4 rings (SSSR count). The van der Waals surface area contributed by atoms with Crippen LogP contribution in [0.2, 0.25) is 0 Å². The maximum atomic E-state index is 9.55. The van der Waals surface area contributed by atoms with Gasteiger partial charge in [0.25, 0.3) is 0 Å². The fraction of sp³-hybridized carbons (Fsp3) is 0.333. The van der Waals surface area contributed by atoms with Gasteiger partial charge in [-0.15, -0.1) is 0 Å². The first-order chi connectivity index (χ1) is 15.4. The number of anilines is 2. The maximum Gasteiger partial charge on any atom is 0.328 e. The van der Waals surface area contributed by atoms with Gasteiger partial charge in [0.15, 0.2) is 0 Å². The number of aliphatic carboxylic acids is 2. The quantitative estimate of drug-likeness (QED) is 0.639. The van der Waals surface area contributed by atoms with Gasteiger partial charge >= 0.3 is 11.9 Å². The minimum atomic E-state index is -1.26. The van der Waals surface area contributed by atoms with E-state index in [1.54, 1.807) is 0 Å². The molecule has 0 radical (unpaired) electrons. The molecule has 32 heavy (non-hydrogen) atoms. The number of carboxylic acids is 2. The Morgan fingerprint density at radius 3 is 1.84 bits per heavy atom. The van der Waals surface area contributed by atoms with Crippen molar-refractivity contribution in [3.63, 3.8) is 0 Å². The highest BCUT2D eigenvalue weighted by molar-refractivity contribution is 7.99. The molecule has 0 aromatic heterocycles. The molecule has 7 nitrogen and oxygen atoms in total. The summed E-state index contributed by atoms with van der Waals surface area (Å²) in [6, 6.07) is 17.6. The van der Waals surface area contributed by atoms with Crippen LogP contribution in [0.3, 0.4) is 0 Å². The molecule has 2 heterocycles. The molecule has 0 aliphatic carbocycles. The van der Waals surface area contributed by atoms with Crippen LogP contribution in [0.25, 0.3) is 0 Å². The number of hydrogen-bond donors (Lipinski definition) is 2. The molecule has 0 spiro atoms. The normalized spacial score (nSPS) is 16.1. The summed E-state index contributed by atoms with van der Waals surface area (Å²) in [7, 11) is 2.22. The summed E-state index contributed by atoms with van der Waals surface area (Å²) in [4.78, 5) is 29.4. The molecule has 0 saturated carbocycles. The van der Waals surface area contributed by atoms with E-state index in [9.17, 15) is 9.59 Å². The SMILES string of the molecule is CN1CCN(CCCN2c3ccccc3Sc3ccccc32)CC1.O=C(O)/C=C\C(=O)O. The molecule has 0 bridgehead atoms. The third-order valence-corrected chi connectivity index (χ3v) is 6.48. The van der Waals surface area contributed by atoms with Crippen LogP contribution in [0.1, 0.15) is 6.42 Å². The molecule has 2 aromatic carbocycles. The zero-order valence-electron chi connectivity index (χ0n) is 18.2. The standard InChI is InChI=1S/C20H25N3S.C4H4O4/c1-21-13-15-22(16-14-21)11-6-12-23-17-7-2-4-9-19(17)24-20-10-5-3-8-18(20)23;5-3(6)1-2-4(7)8/h2-5,7-10H,6,11-16H2,1H3;1-2H,(H,5,6)(H,7,8)/b;2-1-. The Kier molecular flexibility index (Phi) is 8.72. The van der Waals surface area contributed by atoms with Crippen LogP contribution in [0, 0.1) is 0 Å². The largest absolute Gasteiger partial charge is 0.478 e. The summed E-state index contributed by atoms with van der Waals surface area (Å²) in [6.45, 7) is 7.10. The van der Waals surface area contributed by atoms with E-state index in [0.29, 0.717) is 12.2 Å². The monoisotopic (exact) mass is 455 g/mol. The van der Waals surface area contributed by atoms with E-state index in [2.05, 4.69) is 70.3 Å². The van der Waals surface area contributed by atoms with Gasteiger partial charge in [0, 0.05) is 54.7 Å². The third kappa shape index (κ3) is 6.85. The van der Waals surface area contributed by atoms with E-state index in [0.717, 1.165) is 6.54 Å². The molecule has 0 unspecified atom stereocenters. The molecule has 8 heteroatoms. The van der Waals surface area contributed by atoms with Crippen molar-refractivity contribution in [2.45, 2.75) is 16.2 Å². The van der Waals surface area contributed by atoms with E-state index in [1.807, 2.05) is 11.8 Å². The van der Waals surface area contributed by atoms with Gasteiger partial charge in [-0.1, -0.05) is 36.0 Å². The van der Waals surface area contributed by atoms with Gasteiger partial charge in [-0.25, -0.2) is 9.59 Å². The van der Waals surface area contributed by atoms with Gasteiger partial charge in [-0.3, -0.25) is 0 Å². The highest BCUT2D eigenvalue weighted by atomic mass is 32.2. The first kappa shape index (κ1) is 23.8. The van der Waals surface area contributed by atoms with Crippen LogP contribution in [0.4, 0.5) is 11.4 Å². The first-order valence-electron chi connectivity index (χ1n) is 10.6. The van der Waals surface area contributed by atoms with Gasteiger partial charge in [-0.05, 0) is 44.3 Å². The molecular formula is C24H29N3O4S. The summed E-state index contributed by atoms with van der Waals surface area (Å²) in [6.07, 6.45) is 2.32. The summed E-state index contributed by atoms with van der Waals surface area (Å²) >= 11 is 1.89. The number of piperazine rings is 1. The molecule has 2 aliphatic rings. The third-order valence-electron chi connectivity index (χ3n) is 5.35. The van der Waals surface area contributed by atoms with Gasteiger partial charge < -0.3 is 24.9 Å². The number of benzene rings is 2. The van der Waals surface area contributed by atoms with Crippen molar-refractivity contribution in [2.75, 3.05) is 51.2 Å². The molecule has 0 amide bonds. The van der Waals surface area contributed by atoms with Crippen LogP contribution in [0.5, 0.6) is 0 Å². The molecule has 2 aliphatic heterocycles. The van der Waals surface area contributed by atoms with Gasteiger partial charge in [0.2, 0.25) is 0 Å². The molecule has 170 valence electrons. The number of carboxylic acid groups (broad SMARTS) is 2. The predicted molar refractivity (Wildman–Crippen MR) is 127 cm³/mol. The molecule has 0 atom stereocenters. The molecule has 2 aromatic rings. The fourth-order valence-electron chi connectivity index (χ4n) is 3.69. The smallest absolute Gasteiger partial charge is 0.328 e. The molecule has 1 saturated heterocycles. The van der Waals surface area contributed by atoms with Crippen LogP contribution < -0.4 is 4.90 Å². The summed E-state index contributed by atoms with van der Waals surface area (Å²) in [5.41, 5.74) is 2.72. The Hall–Kier alpha value is -2.81. The van der Waals surface area contributed by atoms with E-state index >= 15 is 0 Å². The van der Waals surface area contributed by atoms with Crippen molar-refractivity contribution >= 4 is 35.1 Å². The fourth-order valence-corrected chi connectivity index (χ4v) is 4.78. The van der Waals surface area contributed by atoms with Crippen LogP contribution in [-0.4, -0.2) is 78.3 Å². The van der Waals surface area contributed by atoms with Crippen LogP contribution >= 0.6 is 11.8 Å². The number of hydrogen-bond acceptors (Lipinski definition) is 6. The van der Waals surface area contributed by atoms with Crippen LogP contribution in [-0.2, 0) is 9.59 Å². The highest BCUT2D eigenvalue weighted by Crippen LogP contribution is 2.47. The molecule has 1 fully saturated rings. The second-order valence-corrected chi connectivity index (χ2v) is 8.78. The van der Waals surface area contributed by atoms with Crippen molar-refractivity contribution in [3.05, 3.63) is 60.7 Å². The number of carbonyl (C=O) groups is 2. The number of fused-ring (bicyclic) bond motifs is 2. The highest BCUT2D eigenvalue weighted by Gasteiger charge is 2.22. The molecular weight excluding hydrogens is 426 g/mol. The average Bonchev–Trinajstić information content (AvgIpc) is 2.79.